The zero-order valence-electron chi connectivity index (χ0n) is 29.2. The number of rotatable bonds is 12. The number of amides is 5. The number of aromatic hydroxyl groups is 1. The number of nitrogens with zero attached hydrogens (tertiary/aromatic N) is 2. The van der Waals surface area contributed by atoms with Gasteiger partial charge in [0.2, 0.25) is 29.5 Å². The molecule has 1 heterocycles. The van der Waals surface area contributed by atoms with Crippen molar-refractivity contribution >= 4 is 52.2 Å². The van der Waals surface area contributed by atoms with Crippen LogP contribution in [-0.2, 0) is 36.8 Å². The monoisotopic (exact) mass is 729 g/mol. The van der Waals surface area contributed by atoms with Crippen LogP contribution >= 0.6 is 0 Å². The minimum atomic E-state index is -1.23. The molecule has 17 heteroatoms. The quantitative estimate of drug-likeness (QED) is 0.0585. The fourth-order valence-corrected chi connectivity index (χ4v) is 5.79. The maximum absolute atomic E-state index is 14.0. The molecule has 0 bridgehead atoms. The molecule has 0 radical (unpaired) electrons. The highest BCUT2D eigenvalue weighted by molar-refractivity contribution is 5.97. The van der Waals surface area contributed by atoms with E-state index in [-0.39, 0.29) is 62.9 Å². The van der Waals surface area contributed by atoms with E-state index in [0.717, 1.165) is 16.3 Å². The SMILES string of the molecule is NC(N)=NCCC[C@H]1NC(=O)CNC(=O)[C@@H](Cc2ccc3ccccc3c2)NC(=O)[C@@H](CCCN=C(N)N)NC(=O)[C@H](Cc2ccc(O)cc2)NC1=O. The van der Waals surface area contributed by atoms with Gasteiger partial charge in [-0.25, -0.2) is 0 Å². The molecule has 4 atom stereocenters. The Morgan fingerprint density at radius 1 is 0.604 bits per heavy atom. The third-order valence-electron chi connectivity index (χ3n) is 8.49. The average molecular weight is 730 g/mol. The minimum absolute atomic E-state index is 0.00627. The molecule has 17 nitrogen and oxygen atoms in total. The van der Waals surface area contributed by atoms with Gasteiger partial charge in [0.15, 0.2) is 11.9 Å². The van der Waals surface area contributed by atoms with Gasteiger partial charge in [-0.2, -0.15) is 0 Å². The summed E-state index contributed by atoms with van der Waals surface area (Å²) in [6.07, 6.45) is 0.777. The third-order valence-corrected chi connectivity index (χ3v) is 8.49. The van der Waals surface area contributed by atoms with Crippen molar-refractivity contribution in [2.45, 2.75) is 62.7 Å². The number of nitrogens with one attached hydrogen (secondary N) is 5. The number of phenols is 1. The van der Waals surface area contributed by atoms with Crippen LogP contribution in [0.4, 0.5) is 0 Å². The number of nitrogens with two attached hydrogens (primary N) is 4. The topological polar surface area (TPSA) is 295 Å². The van der Waals surface area contributed by atoms with Gasteiger partial charge in [-0.05, 0) is 59.7 Å². The summed E-state index contributed by atoms with van der Waals surface area (Å²) in [7, 11) is 0. The lowest BCUT2D eigenvalue weighted by Gasteiger charge is -2.26. The van der Waals surface area contributed by atoms with Gasteiger partial charge in [0.1, 0.15) is 29.9 Å². The molecule has 1 fully saturated rings. The highest BCUT2D eigenvalue weighted by Crippen LogP contribution is 2.17. The molecule has 14 N–H and O–H groups in total. The summed E-state index contributed by atoms with van der Waals surface area (Å²) in [5.74, 6) is -3.66. The predicted octanol–water partition coefficient (Wildman–Crippen LogP) is -1.49. The van der Waals surface area contributed by atoms with Crippen molar-refractivity contribution < 1.29 is 29.1 Å². The summed E-state index contributed by atoms with van der Waals surface area (Å²) in [5.41, 5.74) is 23.2. The summed E-state index contributed by atoms with van der Waals surface area (Å²) >= 11 is 0. The molecular formula is C36H47N11O6. The van der Waals surface area contributed by atoms with E-state index in [1.54, 1.807) is 12.1 Å². The van der Waals surface area contributed by atoms with Gasteiger partial charge >= 0.3 is 0 Å². The number of hydrogen-bond donors (Lipinski definition) is 10. The van der Waals surface area contributed by atoms with Crippen molar-refractivity contribution in [1.82, 2.24) is 26.6 Å². The molecule has 53 heavy (non-hydrogen) atoms. The first-order chi connectivity index (χ1) is 25.4. The highest BCUT2D eigenvalue weighted by atomic mass is 16.3. The molecule has 282 valence electrons. The molecule has 1 aliphatic heterocycles. The molecule has 0 unspecified atom stereocenters. The fourth-order valence-electron chi connectivity index (χ4n) is 5.79. The molecule has 0 spiro atoms. The third kappa shape index (κ3) is 12.7. The second kappa shape index (κ2) is 19.3. The van der Waals surface area contributed by atoms with E-state index in [1.807, 2.05) is 42.5 Å². The number of aliphatic imine (C=N–C) groups is 2. The molecular weight excluding hydrogens is 682 g/mol. The van der Waals surface area contributed by atoms with Gasteiger partial charge in [-0.3, -0.25) is 34.0 Å². The van der Waals surface area contributed by atoms with Crippen molar-refractivity contribution in [3.05, 3.63) is 77.9 Å². The fraction of sp³-hybridized carbons (Fsp3) is 0.361. The van der Waals surface area contributed by atoms with Crippen LogP contribution in [0.25, 0.3) is 10.8 Å². The number of fused-ring (bicyclic) bond motifs is 1. The molecule has 3 aromatic carbocycles. The lowest BCUT2D eigenvalue weighted by atomic mass is 10.00. The molecule has 0 saturated carbocycles. The van der Waals surface area contributed by atoms with Crippen molar-refractivity contribution in [2.75, 3.05) is 19.6 Å². The van der Waals surface area contributed by atoms with Crippen LogP contribution in [0.2, 0.25) is 0 Å². The van der Waals surface area contributed by atoms with E-state index in [0.29, 0.717) is 12.0 Å². The first-order valence-corrected chi connectivity index (χ1v) is 17.2. The number of guanidine groups is 2. The normalized spacial score (nSPS) is 20.0. The van der Waals surface area contributed by atoms with Gasteiger partial charge in [0.05, 0.1) is 6.54 Å². The van der Waals surface area contributed by atoms with E-state index >= 15 is 0 Å². The lowest BCUT2D eigenvalue weighted by Crippen LogP contribution is -2.58. The largest absolute Gasteiger partial charge is 0.508 e. The van der Waals surface area contributed by atoms with Crippen LogP contribution in [-0.4, -0.2) is 90.4 Å². The summed E-state index contributed by atoms with van der Waals surface area (Å²) < 4.78 is 0. The Bertz CT molecular complexity index is 1820. The van der Waals surface area contributed by atoms with E-state index in [2.05, 4.69) is 36.6 Å². The van der Waals surface area contributed by atoms with Gasteiger partial charge in [0.25, 0.3) is 0 Å². The first-order valence-electron chi connectivity index (χ1n) is 17.2. The standard InChI is InChI=1S/C36H47N11O6/c37-35(38)41-15-3-7-26-32(51)47-29(18-21-10-13-25(48)14-11-21)34(53)45-27(8-4-16-42-36(39)40)33(52)46-28(31(50)43-20-30(49)44-26)19-22-9-12-23-5-1-2-6-24(23)17-22/h1-2,5-6,9-14,17,26-29,48H,3-4,7-8,15-16,18-20H2,(H,43,50)(H,44,49)(H,45,53)(H,46,52)(H,47,51)(H4,37,38,41)(H4,39,40,42)/t26-,27-,28-,29+/m1/s1. The lowest BCUT2D eigenvalue weighted by molar-refractivity contribution is -0.134. The number of hydrogen-bond acceptors (Lipinski definition) is 8. The molecule has 1 saturated heterocycles. The zero-order chi connectivity index (χ0) is 38.3. The molecule has 3 aromatic rings. The van der Waals surface area contributed by atoms with Crippen LogP contribution in [0.1, 0.15) is 36.8 Å². The number of benzene rings is 3. The van der Waals surface area contributed by atoms with Gasteiger partial charge in [-0.15, -0.1) is 0 Å². The molecule has 0 aliphatic carbocycles. The predicted molar refractivity (Wildman–Crippen MR) is 200 cm³/mol. The smallest absolute Gasteiger partial charge is 0.243 e. The molecule has 0 aromatic heterocycles. The van der Waals surface area contributed by atoms with Crippen LogP contribution in [0, 0.1) is 0 Å². The Morgan fingerprint density at radius 3 is 1.70 bits per heavy atom. The Hall–Kier alpha value is -6.39. The van der Waals surface area contributed by atoms with Crippen molar-refractivity contribution in [3.63, 3.8) is 0 Å². The van der Waals surface area contributed by atoms with E-state index in [1.165, 1.54) is 12.1 Å². The van der Waals surface area contributed by atoms with E-state index < -0.39 is 60.2 Å². The van der Waals surface area contributed by atoms with Crippen molar-refractivity contribution in [1.29, 1.82) is 0 Å². The number of phenolic OH excluding ortho intramolecular Hbond substituents is 1. The van der Waals surface area contributed by atoms with Gasteiger partial charge in [-0.1, -0.05) is 54.6 Å². The van der Waals surface area contributed by atoms with Crippen LogP contribution in [0.3, 0.4) is 0 Å². The maximum Gasteiger partial charge on any atom is 0.243 e. The minimum Gasteiger partial charge on any atom is -0.508 e. The summed E-state index contributed by atoms with van der Waals surface area (Å²) in [5, 5.41) is 25.2. The first kappa shape index (κ1) is 39.4. The van der Waals surface area contributed by atoms with Gasteiger partial charge in [0, 0.05) is 25.9 Å². The molecule has 5 amide bonds. The molecule has 1 aliphatic rings. The van der Waals surface area contributed by atoms with E-state index in [9.17, 15) is 29.1 Å². The zero-order valence-corrected chi connectivity index (χ0v) is 29.2. The Morgan fingerprint density at radius 2 is 1.09 bits per heavy atom. The second-order valence-electron chi connectivity index (χ2n) is 12.7. The Labute approximate surface area is 306 Å². The second-order valence-corrected chi connectivity index (χ2v) is 12.7. The molecule has 4 rings (SSSR count). The Kier molecular flexibility index (Phi) is 14.3. The number of carbonyl (C=O) groups is 5. The van der Waals surface area contributed by atoms with Crippen LogP contribution in [0.15, 0.2) is 76.7 Å². The summed E-state index contributed by atoms with van der Waals surface area (Å²) in [6, 6.07) is 14.7. The maximum atomic E-state index is 14.0. The van der Waals surface area contributed by atoms with Crippen molar-refractivity contribution in [2.24, 2.45) is 32.9 Å². The summed E-state index contributed by atoms with van der Waals surface area (Å²) in [6.45, 7) is -0.176. The van der Waals surface area contributed by atoms with E-state index in [4.69, 9.17) is 22.9 Å². The summed E-state index contributed by atoms with van der Waals surface area (Å²) in [4.78, 5) is 76.4. The van der Waals surface area contributed by atoms with Gasteiger partial charge < -0.3 is 54.6 Å². The van der Waals surface area contributed by atoms with Crippen LogP contribution < -0.4 is 49.5 Å². The van der Waals surface area contributed by atoms with Crippen molar-refractivity contribution in [3.8, 4) is 5.75 Å². The average Bonchev–Trinajstić information content (AvgIpc) is 3.12. The number of carbonyl (C=O) groups excluding carboxylic acids is 5. The van der Waals surface area contributed by atoms with Crippen LogP contribution in [0.5, 0.6) is 5.75 Å². The Balaban J connectivity index is 1.68. The highest BCUT2D eigenvalue weighted by Gasteiger charge is 2.32.